The molecule has 0 radical (unpaired) electrons. The van der Waals surface area contributed by atoms with Crippen LogP contribution in [0.4, 0.5) is 0 Å². The molecule has 1 aliphatic heterocycles. The predicted octanol–water partition coefficient (Wildman–Crippen LogP) is 3.34. The minimum atomic E-state index is -1.12. The van der Waals surface area contributed by atoms with Gasteiger partial charge in [-0.2, -0.15) is 0 Å². The average molecular weight is 333 g/mol. The lowest BCUT2D eigenvalue weighted by Gasteiger charge is -2.40. The Labute approximate surface area is 154 Å². The van der Waals surface area contributed by atoms with Crippen LogP contribution in [0.3, 0.4) is 0 Å². The summed E-state index contributed by atoms with van der Waals surface area (Å²) in [5.41, 5.74) is 6.82. The molecule has 0 unspecified atom stereocenters. The first-order valence-electron chi connectivity index (χ1n) is 9.27. The van der Waals surface area contributed by atoms with Crippen molar-refractivity contribution in [3.05, 3.63) is 115 Å². The monoisotopic (exact) mass is 333 g/mol. The molecule has 1 aliphatic rings. The van der Waals surface area contributed by atoms with Gasteiger partial charge in [0, 0.05) is 11.6 Å². The lowest BCUT2D eigenvalue weighted by atomic mass is 9.24. The van der Waals surface area contributed by atoms with Crippen LogP contribution in [0.5, 0.6) is 0 Å². The van der Waals surface area contributed by atoms with Gasteiger partial charge in [-0.05, 0) is 12.1 Å². The maximum absolute atomic E-state index is 2.52. The van der Waals surface area contributed by atoms with Gasteiger partial charge in [0.05, 0.1) is 0 Å². The molecule has 124 valence electrons. The van der Waals surface area contributed by atoms with E-state index >= 15 is 0 Å². The summed E-state index contributed by atoms with van der Waals surface area (Å²) in [7, 11) is 0. The van der Waals surface area contributed by atoms with Gasteiger partial charge in [0.2, 0.25) is 0 Å². The molecule has 5 rings (SSSR count). The molecule has 2 heteroatoms. The van der Waals surface area contributed by atoms with Crippen molar-refractivity contribution in [3.63, 3.8) is 0 Å². The number of nitrogens with zero attached hydrogens (tertiary/aromatic N) is 1. The van der Waals surface area contributed by atoms with Gasteiger partial charge in [0.15, 0.2) is 5.69 Å². The highest BCUT2D eigenvalue weighted by Crippen LogP contribution is 2.28. The maximum atomic E-state index is 2.52. The van der Waals surface area contributed by atoms with Gasteiger partial charge in [-0.25, -0.2) is 0 Å². The molecule has 0 bridgehead atoms. The predicted molar refractivity (Wildman–Crippen MR) is 109 cm³/mol. The number of hydrogen-bond acceptors (Lipinski definition) is 0. The first kappa shape index (κ1) is 15.2. The fourth-order valence-electron chi connectivity index (χ4n) is 4.73. The van der Waals surface area contributed by atoms with Crippen LogP contribution in [0.2, 0.25) is 0 Å². The molecule has 0 atom stereocenters. The largest absolute Gasteiger partial charge is 0.412 e. The summed E-state index contributed by atoms with van der Waals surface area (Å²) in [6, 6.07) is 37.3. The Kier molecular flexibility index (Phi) is 3.49. The standard InChI is InChI=1S/C24H20BN/c1-3-12-21(13-4-1)25(22-14-5-2-6-15-22)19-20-11-7-8-16-23(20)24-17-9-10-18-26(24)25/h1-18H,19H2. The smallest absolute Gasteiger partial charge is 0.337 e. The highest BCUT2D eigenvalue weighted by Gasteiger charge is 2.45. The van der Waals surface area contributed by atoms with E-state index in [1.54, 1.807) is 0 Å². The average Bonchev–Trinajstić information content (AvgIpc) is 2.74. The highest BCUT2D eigenvalue weighted by molar-refractivity contribution is 6.95. The van der Waals surface area contributed by atoms with E-state index in [4.69, 9.17) is 0 Å². The van der Waals surface area contributed by atoms with Crippen LogP contribution in [-0.2, 0) is 6.32 Å². The summed E-state index contributed by atoms with van der Waals surface area (Å²) >= 11 is 0. The molecule has 0 amide bonds. The molecule has 0 aliphatic carbocycles. The highest BCUT2D eigenvalue weighted by atomic mass is 14.9. The van der Waals surface area contributed by atoms with Gasteiger partial charge >= 0.3 is 6.28 Å². The zero-order valence-corrected chi connectivity index (χ0v) is 14.6. The summed E-state index contributed by atoms with van der Waals surface area (Å²) in [5.74, 6) is 0. The van der Waals surface area contributed by atoms with E-state index in [0.717, 1.165) is 6.32 Å². The first-order valence-corrected chi connectivity index (χ1v) is 9.27. The summed E-state index contributed by atoms with van der Waals surface area (Å²) < 4.78 is 2.52. The molecule has 0 saturated heterocycles. The molecular formula is C24H20BN. The summed E-state index contributed by atoms with van der Waals surface area (Å²) in [6.07, 6.45) is 2.14. The van der Waals surface area contributed by atoms with Crippen LogP contribution < -0.4 is 15.4 Å². The molecule has 1 aromatic heterocycles. The number of fused-ring (bicyclic) bond motifs is 3. The van der Waals surface area contributed by atoms with Gasteiger partial charge in [0.1, 0.15) is 6.20 Å². The van der Waals surface area contributed by atoms with E-state index in [9.17, 15) is 0 Å². The Morgan fingerprint density at radius 3 is 1.85 bits per heavy atom. The number of benzene rings is 3. The molecule has 4 aromatic rings. The van der Waals surface area contributed by atoms with Crippen molar-refractivity contribution in [1.82, 2.24) is 0 Å². The van der Waals surface area contributed by atoms with Gasteiger partial charge < -0.3 is 4.48 Å². The normalized spacial score (nSPS) is 14.3. The van der Waals surface area contributed by atoms with Crippen LogP contribution >= 0.6 is 0 Å². The lowest BCUT2D eigenvalue weighted by molar-refractivity contribution is -0.532. The second-order valence-electron chi connectivity index (χ2n) is 7.17. The van der Waals surface area contributed by atoms with E-state index in [1.165, 1.54) is 27.7 Å². The molecule has 1 nitrogen and oxygen atoms in total. The van der Waals surface area contributed by atoms with Crippen molar-refractivity contribution < 1.29 is 4.48 Å². The van der Waals surface area contributed by atoms with Crippen molar-refractivity contribution in [2.24, 2.45) is 0 Å². The van der Waals surface area contributed by atoms with Crippen molar-refractivity contribution in [3.8, 4) is 11.3 Å². The van der Waals surface area contributed by atoms with Crippen molar-refractivity contribution >= 4 is 17.2 Å². The third kappa shape index (κ3) is 2.15. The molecule has 3 aromatic carbocycles. The Morgan fingerprint density at radius 1 is 0.577 bits per heavy atom. The van der Waals surface area contributed by atoms with E-state index in [-0.39, 0.29) is 0 Å². The van der Waals surface area contributed by atoms with Crippen molar-refractivity contribution in [2.45, 2.75) is 6.32 Å². The lowest BCUT2D eigenvalue weighted by Crippen LogP contribution is -2.81. The molecular weight excluding hydrogens is 313 g/mol. The Balaban J connectivity index is 1.90. The maximum Gasteiger partial charge on any atom is 0.337 e. The Morgan fingerprint density at radius 2 is 1.15 bits per heavy atom. The van der Waals surface area contributed by atoms with E-state index in [2.05, 4.69) is 114 Å². The van der Waals surface area contributed by atoms with Crippen LogP contribution in [0.1, 0.15) is 5.56 Å². The summed E-state index contributed by atoms with van der Waals surface area (Å²) in [5, 5.41) is 0. The SMILES string of the molecule is c1ccc([B-]2(c3ccccc3)Cc3ccccc3-c3cccc[n+]32)cc1. The van der Waals surface area contributed by atoms with Gasteiger partial charge in [0.25, 0.3) is 0 Å². The zero-order chi connectivity index (χ0) is 17.4. The summed E-state index contributed by atoms with van der Waals surface area (Å²) in [4.78, 5) is 0. The fraction of sp³-hybridized carbons (Fsp3) is 0.0417. The van der Waals surface area contributed by atoms with Crippen molar-refractivity contribution in [1.29, 1.82) is 0 Å². The van der Waals surface area contributed by atoms with Crippen LogP contribution in [0.15, 0.2) is 109 Å². The molecule has 2 heterocycles. The van der Waals surface area contributed by atoms with E-state index in [1.807, 2.05) is 0 Å². The number of aromatic nitrogens is 1. The molecule has 0 N–H and O–H groups in total. The van der Waals surface area contributed by atoms with E-state index in [0.29, 0.717) is 0 Å². The minimum absolute atomic E-state index is 1.01. The van der Waals surface area contributed by atoms with Crippen LogP contribution in [0.25, 0.3) is 11.3 Å². The Hall–Kier alpha value is -3.13. The van der Waals surface area contributed by atoms with Crippen molar-refractivity contribution in [2.75, 3.05) is 0 Å². The molecule has 0 saturated carbocycles. The fourth-order valence-corrected chi connectivity index (χ4v) is 4.73. The van der Waals surface area contributed by atoms with Gasteiger partial charge in [-0.3, -0.25) is 0 Å². The molecule has 0 spiro atoms. The Bertz CT molecular complexity index is 1020. The number of pyridine rings is 1. The third-order valence-corrected chi connectivity index (χ3v) is 5.88. The minimum Gasteiger partial charge on any atom is -0.412 e. The zero-order valence-electron chi connectivity index (χ0n) is 14.6. The topological polar surface area (TPSA) is 3.88 Å². The molecule has 0 fully saturated rings. The van der Waals surface area contributed by atoms with Crippen LogP contribution in [0, 0.1) is 0 Å². The number of hydrogen-bond donors (Lipinski definition) is 0. The third-order valence-electron chi connectivity index (χ3n) is 5.88. The van der Waals surface area contributed by atoms with Crippen LogP contribution in [-0.4, -0.2) is 6.28 Å². The van der Waals surface area contributed by atoms with Gasteiger partial charge in [-0.1, -0.05) is 96.8 Å². The van der Waals surface area contributed by atoms with E-state index < -0.39 is 6.28 Å². The van der Waals surface area contributed by atoms with Gasteiger partial charge in [-0.15, -0.1) is 10.9 Å². The summed E-state index contributed by atoms with van der Waals surface area (Å²) in [6.45, 7) is 0. The molecule has 26 heavy (non-hydrogen) atoms. The second kappa shape index (κ2) is 6.00. The second-order valence-corrected chi connectivity index (χ2v) is 7.17. The quantitative estimate of drug-likeness (QED) is 0.496. The number of rotatable bonds is 2. The first-order chi connectivity index (χ1) is 12.9.